The van der Waals surface area contributed by atoms with Gasteiger partial charge in [-0.2, -0.15) is 11.8 Å². The number of carbonyl (C=O) groups excluding carboxylic acids is 9. The van der Waals surface area contributed by atoms with Gasteiger partial charge in [0.2, 0.25) is 35.4 Å². The van der Waals surface area contributed by atoms with E-state index in [4.69, 9.17) is 28.7 Å². The van der Waals surface area contributed by atoms with E-state index in [2.05, 4.69) is 76.1 Å². The lowest BCUT2D eigenvalue weighted by atomic mass is 9.85. The highest BCUT2D eigenvalue weighted by molar-refractivity contribution is 7.99. The number of nitrogens with zero attached hydrogens (tertiary/aromatic N) is 9. The molecule has 0 spiro atoms. The predicted molar refractivity (Wildman–Crippen MR) is 423 cm³/mol. The Balaban J connectivity index is 0.000000138. The molecule has 30 heteroatoms. The number of pyridine rings is 3. The van der Waals surface area contributed by atoms with Crippen LogP contribution < -0.4 is 44.9 Å². The van der Waals surface area contributed by atoms with Crippen LogP contribution in [-0.2, 0) is 57.9 Å². The molecule has 0 radical (unpaired) electrons. The number of amides is 9. The molecule has 5 aromatic carbocycles. The molecule has 3 atom stereocenters. The standard InChI is InChI=1S/C31H26F2N4O5.C31H27FN4O5.C25H24N4O4S/c1-41-24-8-6-20-17-37(29(39)27(20)28(24)33)18-31(16-26(38)35-30(31)40)10-9-19-5-7-21(22(32)15-19)23-3-2-4-25(34-23)36-11-13-42-14-12-36;1-40-24-10-9-22-18-36(29(38)27(22)28(24)32)19-31(17-26(37)34-30(31)39)12-11-20-5-7-21(8-6-20)23-3-2-4-25(33-23)35-13-15-41-16-14-35;1-33-19-6-5-17-15-29(23(31)20(17)13-19)16-25(14-22(30)27-24(25)32)8-7-18-3-2-4-21(26-18)28-9-11-34-12-10-28/h2-8,15H,11-14,16-18H2,1H3,(H,35,38,40);2-10H,13-19H2,1H3,(H,34,37,39);2-6,13H,9-12,14-16H2,1H3,(H,27,30,32)/t2*31-;25-/m111/s1. The Morgan fingerprint density at radius 1 is 0.444 bits per heavy atom. The van der Waals surface area contributed by atoms with Gasteiger partial charge in [-0.25, -0.2) is 28.1 Å². The van der Waals surface area contributed by atoms with Crippen molar-refractivity contribution in [3.63, 3.8) is 0 Å². The first-order valence-electron chi connectivity index (χ1n) is 37.8. The Morgan fingerprint density at radius 3 is 1.38 bits per heavy atom. The molecule has 0 unspecified atom stereocenters. The van der Waals surface area contributed by atoms with Crippen LogP contribution in [0.3, 0.4) is 0 Å². The molecule has 3 aromatic heterocycles. The Hall–Kier alpha value is -13.1. The molecule has 9 amide bonds. The number of ether oxygens (including phenoxy) is 5. The molecule has 9 aliphatic heterocycles. The first-order chi connectivity index (χ1) is 56.6. The number of rotatable bonds is 14. The Morgan fingerprint density at radius 2 is 0.889 bits per heavy atom. The second kappa shape index (κ2) is 33.8. The van der Waals surface area contributed by atoms with Crippen molar-refractivity contribution in [3.05, 3.63) is 207 Å². The van der Waals surface area contributed by atoms with E-state index in [1.807, 2.05) is 84.6 Å². The highest BCUT2D eigenvalue weighted by Gasteiger charge is 2.52. The number of halogens is 3. The summed E-state index contributed by atoms with van der Waals surface area (Å²) in [4.78, 5) is 140. The minimum absolute atomic E-state index is 0.0242. The summed E-state index contributed by atoms with van der Waals surface area (Å²) in [6.07, 6.45) is -0.573. The van der Waals surface area contributed by atoms with Gasteiger partial charge in [0.25, 0.3) is 17.7 Å². The number of benzene rings is 5. The molecule has 9 aliphatic rings. The van der Waals surface area contributed by atoms with Crippen molar-refractivity contribution in [2.75, 3.05) is 133 Å². The number of hydrogen-bond donors (Lipinski definition) is 3. The van der Waals surface area contributed by atoms with E-state index in [9.17, 15) is 51.9 Å². The molecule has 8 aromatic rings. The predicted octanol–water partition coefficient (Wildman–Crippen LogP) is 7.37. The second-order valence-electron chi connectivity index (χ2n) is 29.1. The number of aromatic nitrogens is 3. The van der Waals surface area contributed by atoms with Gasteiger partial charge in [0.1, 0.15) is 51.0 Å². The number of nitrogens with one attached hydrogen (secondary N) is 3. The first kappa shape index (κ1) is 79.2. The van der Waals surface area contributed by atoms with E-state index in [1.165, 1.54) is 42.2 Å². The van der Waals surface area contributed by atoms with Crippen molar-refractivity contribution in [1.29, 1.82) is 0 Å². The summed E-state index contributed by atoms with van der Waals surface area (Å²) in [7, 11) is 4.17. The summed E-state index contributed by atoms with van der Waals surface area (Å²) in [6.45, 7) is 7.51. The molecule has 117 heavy (non-hydrogen) atoms. The van der Waals surface area contributed by atoms with Crippen molar-refractivity contribution < 1.29 is 80.0 Å². The zero-order valence-corrected chi connectivity index (χ0v) is 64.7. The van der Waals surface area contributed by atoms with Gasteiger partial charge in [0.05, 0.1) is 89.5 Å². The molecule has 6 saturated heterocycles. The van der Waals surface area contributed by atoms with E-state index < -0.39 is 81.0 Å². The number of anilines is 3. The van der Waals surface area contributed by atoms with Crippen molar-refractivity contribution in [3.8, 4) is 75.3 Å². The van der Waals surface area contributed by atoms with Gasteiger partial charge in [0.15, 0.2) is 23.1 Å². The average molecular weight is 1600 g/mol. The molecule has 12 heterocycles. The van der Waals surface area contributed by atoms with Crippen molar-refractivity contribution in [1.82, 2.24) is 45.6 Å². The first-order valence-corrected chi connectivity index (χ1v) is 38.9. The normalized spacial score (nSPS) is 20.4. The summed E-state index contributed by atoms with van der Waals surface area (Å²) in [5.74, 6) is 16.2. The minimum atomic E-state index is -1.58. The van der Waals surface area contributed by atoms with Crippen LogP contribution in [0, 0.1) is 69.2 Å². The molecule has 596 valence electrons. The molecular weight excluding hydrogens is 1530 g/mol. The lowest BCUT2D eigenvalue weighted by Crippen LogP contribution is -2.42. The number of thioether (sulfide) groups is 1. The topological polar surface area (TPSA) is 294 Å². The second-order valence-corrected chi connectivity index (χ2v) is 30.3. The summed E-state index contributed by atoms with van der Waals surface area (Å²) in [6, 6.07) is 40.3. The molecule has 6 fully saturated rings. The van der Waals surface area contributed by atoms with Gasteiger partial charge in [0, 0.05) is 118 Å². The van der Waals surface area contributed by atoms with Gasteiger partial charge >= 0.3 is 0 Å². The van der Waals surface area contributed by atoms with Gasteiger partial charge < -0.3 is 53.1 Å². The highest BCUT2D eigenvalue weighted by atomic mass is 32.2. The summed E-state index contributed by atoms with van der Waals surface area (Å²) in [5, 5.41) is 6.93. The van der Waals surface area contributed by atoms with E-state index in [0.29, 0.717) is 85.5 Å². The maximum Gasteiger partial charge on any atom is 0.257 e. The van der Waals surface area contributed by atoms with Crippen LogP contribution >= 0.6 is 11.8 Å². The SMILES string of the molecule is COc1ccc2c(c1)C(=O)N(C[C@@]1(C#Cc3cccc(N4CCSCC4)n3)CC(=O)NC1=O)C2.COc1ccc2c(c1F)C(=O)N(C[C@@]1(C#Cc3ccc(-c4cccc(N5CCOCC5)n4)c(F)c3)CC(=O)NC1=O)C2.COc1ccc2c(c1F)C(=O)N(C[C@@]1(C#Cc3ccc(-c4cccc(N5CCOCC5)n4)cc3)CC(=O)NC1=O)C2. The van der Waals surface area contributed by atoms with Gasteiger partial charge in [-0.3, -0.25) is 59.1 Å². The number of carbonyl (C=O) groups is 9. The smallest absolute Gasteiger partial charge is 0.257 e. The molecule has 0 aliphatic carbocycles. The van der Waals surface area contributed by atoms with Gasteiger partial charge in [-0.1, -0.05) is 78.1 Å². The minimum Gasteiger partial charge on any atom is -0.497 e. The Kier molecular flexibility index (Phi) is 22.9. The van der Waals surface area contributed by atoms with Crippen molar-refractivity contribution in [2.45, 2.75) is 38.9 Å². The third-order valence-electron chi connectivity index (χ3n) is 21.5. The quantitative estimate of drug-likeness (QED) is 0.0707. The number of fused-ring (bicyclic) bond motifs is 3. The lowest BCUT2D eigenvalue weighted by Gasteiger charge is -2.28. The van der Waals surface area contributed by atoms with E-state index >= 15 is 4.39 Å². The summed E-state index contributed by atoms with van der Waals surface area (Å²) >= 11 is 1.92. The zero-order chi connectivity index (χ0) is 81.7. The fraction of sp³-hybridized carbons (Fsp3) is 0.310. The van der Waals surface area contributed by atoms with Crippen LogP contribution in [0.25, 0.3) is 22.5 Å². The van der Waals surface area contributed by atoms with E-state index in [-0.39, 0.29) is 91.6 Å². The third kappa shape index (κ3) is 16.6. The van der Waals surface area contributed by atoms with Crippen LogP contribution in [0.2, 0.25) is 0 Å². The van der Waals surface area contributed by atoms with Crippen LogP contribution in [0.15, 0.2) is 140 Å². The molecule has 26 nitrogen and oxygen atoms in total. The largest absolute Gasteiger partial charge is 0.497 e. The van der Waals surface area contributed by atoms with Crippen molar-refractivity contribution >= 4 is 82.4 Å². The Bertz CT molecular complexity index is 5590. The van der Waals surface area contributed by atoms with Gasteiger partial charge in [-0.05, 0) is 114 Å². The lowest BCUT2D eigenvalue weighted by molar-refractivity contribution is -0.128. The average Bonchev–Trinajstić information content (AvgIpc) is 1.57. The number of methoxy groups -OCH3 is 3. The molecular formula is C87H77F3N12O14S. The fourth-order valence-corrected chi connectivity index (χ4v) is 16.2. The van der Waals surface area contributed by atoms with Crippen LogP contribution in [0.5, 0.6) is 17.2 Å². The van der Waals surface area contributed by atoms with Gasteiger partial charge in [-0.15, -0.1) is 0 Å². The van der Waals surface area contributed by atoms with E-state index in [1.54, 1.807) is 60.5 Å². The molecule has 0 bridgehead atoms. The monoisotopic (exact) mass is 1600 g/mol. The van der Waals surface area contributed by atoms with E-state index in [0.717, 1.165) is 72.0 Å². The van der Waals surface area contributed by atoms with Crippen LogP contribution in [-0.4, -0.2) is 201 Å². The number of imide groups is 3. The third-order valence-corrected chi connectivity index (χ3v) is 22.5. The highest BCUT2D eigenvalue weighted by Crippen LogP contribution is 2.40. The Labute approximate surface area is 675 Å². The molecule has 17 rings (SSSR count). The molecule has 3 N–H and O–H groups in total. The molecule has 0 saturated carbocycles. The van der Waals surface area contributed by atoms with Crippen LogP contribution in [0.1, 0.15) is 83.8 Å². The zero-order valence-electron chi connectivity index (χ0n) is 63.9. The summed E-state index contributed by atoms with van der Waals surface area (Å²) < 4.78 is 71.0. The van der Waals surface area contributed by atoms with Crippen LogP contribution in [0.4, 0.5) is 30.6 Å². The summed E-state index contributed by atoms with van der Waals surface area (Å²) in [5.41, 5.74) is 1.67. The number of morpholine rings is 2. The fourth-order valence-electron chi connectivity index (χ4n) is 15.3. The maximum atomic E-state index is 15.3. The maximum absolute atomic E-state index is 15.3. The van der Waals surface area contributed by atoms with Crippen molar-refractivity contribution in [2.24, 2.45) is 16.2 Å². The number of hydrogen-bond acceptors (Lipinski definition) is 21.